The molecule has 1 amide bonds. The van der Waals surface area contributed by atoms with Crippen LogP contribution >= 0.6 is 11.8 Å². The van der Waals surface area contributed by atoms with E-state index < -0.39 is 70.1 Å². The van der Waals surface area contributed by atoms with E-state index in [4.69, 9.17) is 14.2 Å². The van der Waals surface area contributed by atoms with Crippen LogP contribution in [0.25, 0.3) is 0 Å². The Hall–Kier alpha value is -2.33. The lowest BCUT2D eigenvalue weighted by molar-refractivity contribution is -0.169. The maximum atomic E-state index is 14.0. The van der Waals surface area contributed by atoms with Gasteiger partial charge in [0.2, 0.25) is 0 Å². The smallest absolute Gasteiger partial charge is 0.408 e. The zero-order valence-electron chi connectivity index (χ0n) is 24.5. The van der Waals surface area contributed by atoms with Crippen molar-refractivity contribution in [3.8, 4) is 0 Å². The highest BCUT2D eigenvalue weighted by Gasteiger charge is 2.80. The van der Waals surface area contributed by atoms with Gasteiger partial charge in [-0.15, -0.1) is 11.8 Å². The average Bonchev–Trinajstić information content (AvgIpc) is 3.42. The quantitative estimate of drug-likeness (QED) is 0.280. The van der Waals surface area contributed by atoms with Crippen molar-refractivity contribution in [1.82, 2.24) is 5.32 Å². The third kappa shape index (κ3) is 7.06. The first kappa shape index (κ1) is 31.2. The summed E-state index contributed by atoms with van der Waals surface area (Å²) in [4.78, 5) is 41.1. The maximum Gasteiger partial charge on any atom is 0.408 e. The standard InChI is InChI=1S/C29H42FNO7S/c1-15-13-16(11-12-18(15)30)39-14-17-22(32)19-20(23(33)36-26(2,3)4)21(19)29(17,24(34)37-27(5,6)7)31-25(35)38-28(8,9)10/h11-13,17,19-22,32H,14H2,1-10H3,(H,31,35)/t17-,19+,20+,21+,22+,29+/m1/s1. The summed E-state index contributed by atoms with van der Waals surface area (Å²) < 4.78 is 30.8. The van der Waals surface area contributed by atoms with E-state index in [2.05, 4.69) is 5.32 Å². The fourth-order valence-corrected chi connectivity index (χ4v) is 6.53. The lowest BCUT2D eigenvalue weighted by atomic mass is 9.80. The van der Waals surface area contributed by atoms with Crippen molar-refractivity contribution in [2.75, 3.05) is 5.75 Å². The second kappa shape index (κ2) is 10.6. The van der Waals surface area contributed by atoms with Crippen LogP contribution in [0.3, 0.4) is 0 Å². The summed E-state index contributed by atoms with van der Waals surface area (Å²) in [7, 11) is 0. The number of carbonyl (C=O) groups is 3. The summed E-state index contributed by atoms with van der Waals surface area (Å²) in [5.41, 5.74) is -3.85. The van der Waals surface area contributed by atoms with Crippen molar-refractivity contribution in [1.29, 1.82) is 0 Å². The summed E-state index contributed by atoms with van der Waals surface area (Å²) in [6.07, 6.45) is -1.98. The zero-order valence-corrected chi connectivity index (χ0v) is 25.3. The Kier molecular flexibility index (Phi) is 8.46. The molecule has 0 aromatic heterocycles. The Morgan fingerprint density at radius 3 is 2.05 bits per heavy atom. The molecule has 39 heavy (non-hydrogen) atoms. The minimum absolute atomic E-state index is 0.190. The van der Waals surface area contributed by atoms with Gasteiger partial charge in [0.05, 0.1) is 12.0 Å². The Morgan fingerprint density at radius 2 is 1.54 bits per heavy atom. The third-order valence-corrected chi connectivity index (χ3v) is 7.79. The summed E-state index contributed by atoms with van der Waals surface area (Å²) >= 11 is 1.32. The summed E-state index contributed by atoms with van der Waals surface area (Å²) in [5.74, 6) is -4.46. The van der Waals surface area contributed by atoms with Gasteiger partial charge in [-0.1, -0.05) is 0 Å². The molecule has 0 aliphatic heterocycles. The van der Waals surface area contributed by atoms with Gasteiger partial charge in [-0.25, -0.2) is 14.0 Å². The first-order chi connectivity index (χ1) is 17.7. The normalized spacial score (nSPS) is 28.4. The fraction of sp³-hybridized carbons (Fsp3) is 0.690. The number of carbonyl (C=O) groups excluding carboxylic acids is 3. The van der Waals surface area contributed by atoms with Gasteiger partial charge in [-0.05, 0) is 93.0 Å². The van der Waals surface area contributed by atoms with E-state index in [1.807, 2.05) is 0 Å². The number of aryl methyl sites for hydroxylation is 1. The van der Waals surface area contributed by atoms with Gasteiger partial charge < -0.3 is 24.6 Å². The van der Waals surface area contributed by atoms with E-state index in [0.29, 0.717) is 5.56 Å². The number of benzene rings is 1. The molecule has 2 aliphatic carbocycles. The molecule has 0 unspecified atom stereocenters. The Morgan fingerprint density at radius 1 is 0.974 bits per heavy atom. The van der Waals surface area contributed by atoms with Crippen LogP contribution in [0.2, 0.25) is 0 Å². The topological polar surface area (TPSA) is 111 Å². The fourth-order valence-electron chi connectivity index (χ4n) is 5.28. The lowest BCUT2D eigenvalue weighted by Crippen LogP contribution is -2.64. The number of hydrogen-bond acceptors (Lipinski definition) is 8. The number of ether oxygens (including phenoxy) is 3. The van der Waals surface area contributed by atoms with Gasteiger partial charge >= 0.3 is 18.0 Å². The van der Waals surface area contributed by atoms with Crippen molar-refractivity contribution in [3.63, 3.8) is 0 Å². The highest BCUT2D eigenvalue weighted by molar-refractivity contribution is 7.99. The SMILES string of the molecule is Cc1cc(SC[C@@H]2[C@H](O)[C@H]3[C@H](C(=O)OC(C)(C)C)[C@H]3[C@]2(NC(=O)OC(C)(C)C)C(=O)OC(C)(C)C)ccc1F. The molecule has 2 fully saturated rings. The molecule has 2 aliphatic rings. The van der Waals surface area contributed by atoms with Crippen LogP contribution in [0, 0.1) is 36.4 Å². The Balaban J connectivity index is 2.05. The van der Waals surface area contributed by atoms with Crippen LogP contribution in [0.1, 0.15) is 67.9 Å². The van der Waals surface area contributed by atoms with Crippen LogP contribution in [0.15, 0.2) is 23.1 Å². The number of alkyl carbamates (subject to hydrolysis) is 1. The van der Waals surface area contributed by atoms with Gasteiger partial charge in [0.15, 0.2) is 5.54 Å². The van der Waals surface area contributed by atoms with Crippen molar-refractivity contribution in [2.45, 2.75) is 103 Å². The molecule has 1 aromatic carbocycles. The van der Waals surface area contributed by atoms with Crippen molar-refractivity contribution in [3.05, 3.63) is 29.6 Å². The number of thioether (sulfide) groups is 1. The van der Waals surface area contributed by atoms with E-state index in [0.717, 1.165) is 4.90 Å². The van der Waals surface area contributed by atoms with Crippen LogP contribution in [-0.2, 0) is 23.8 Å². The molecule has 0 bridgehead atoms. The van der Waals surface area contributed by atoms with E-state index in [1.54, 1.807) is 81.4 Å². The molecular weight excluding hydrogens is 525 g/mol. The molecule has 218 valence electrons. The van der Waals surface area contributed by atoms with E-state index >= 15 is 0 Å². The maximum absolute atomic E-state index is 14.0. The van der Waals surface area contributed by atoms with Crippen LogP contribution < -0.4 is 5.32 Å². The minimum Gasteiger partial charge on any atom is -0.460 e. The largest absolute Gasteiger partial charge is 0.460 e. The average molecular weight is 568 g/mol. The number of hydrogen-bond donors (Lipinski definition) is 2. The second-order valence-corrected chi connectivity index (χ2v) is 14.6. The Labute approximate surface area is 234 Å². The summed E-state index contributed by atoms with van der Waals surface area (Å²) in [5, 5.41) is 14.3. The first-order valence-electron chi connectivity index (χ1n) is 13.2. The van der Waals surface area contributed by atoms with Crippen molar-refractivity contribution in [2.24, 2.45) is 23.7 Å². The lowest BCUT2D eigenvalue weighted by Gasteiger charge is -2.40. The van der Waals surface area contributed by atoms with Crippen molar-refractivity contribution < 1.29 is 38.1 Å². The molecule has 0 spiro atoms. The van der Waals surface area contributed by atoms with Gasteiger partial charge in [0, 0.05) is 28.4 Å². The second-order valence-electron chi connectivity index (χ2n) is 13.5. The summed E-state index contributed by atoms with van der Waals surface area (Å²) in [6, 6.07) is 4.66. The number of aliphatic hydroxyl groups is 1. The highest BCUT2D eigenvalue weighted by Crippen LogP contribution is 2.66. The Bertz CT molecular complexity index is 1120. The number of fused-ring (bicyclic) bond motifs is 1. The molecule has 8 nitrogen and oxygen atoms in total. The van der Waals surface area contributed by atoms with E-state index in [9.17, 15) is 23.9 Å². The molecule has 2 N–H and O–H groups in total. The number of rotatable bonds is 6. The predicted octanol–water partition coefficient (Wildman–Crippen LogP) is 5.03. The number of nitrogens with one attached hydrogen (secondary N) is 1. The zero-order chi connectivity index (χ0) is 29.7. The number of amides is 1. The molecule has 0 heterocycles. The van der Waals surface area contributed by atoms with E-state index in [1.165, 1.54) is 17.8 Å². The van der Waals surface area contributed by atoms with Gasteiger partial charge in [0.25, 0.3) is 0 Å². The van der Waals surface area contributed by atoms with E-state index in [-0.39, 0.29) is 11.6 Å². The van der Waals surface area contributed by atoms with Crippen LogP contribution in [0.4, 0.5) is 9.18 Å². The monoisotopic (exact) mass is 567 g/mol. The number of halogens is 1. The molecular formula is C29H42FNO7S. The van der Waals surface area contributed by atoms with Gasteiger partial charge in [0.1, 0.15) is 22.6 Å². The highest BCUT2D eigenvalue weighted by atomic mass is 32.2. The van der Waals surface area contributed by atoms with Crippen LogP contribution in [-0.4, -0.2) is 57.3 Å². The first-order valence-corrected chi connectivity index (χ1v) is 14.2. The molecule has 6 atom stereocenters. The predicted molar refractivity (Wildman–Crippen MR) is 146 cm³/mol. The summed E-state index contributed by atoms with van der Waals surface area (Å²) in [6.45, 7) is 17.1. The van der Waals surface area contributed by atoms with Crippen LogP contribution in [0.5, 0.6) is 0 Å². The minimum atomic E-state index is -1.76. The number of esters is 2. The molecule has 10 heteroatoms. The third-order valence-electron chi connectivity index (χ3n) is 6.67. The molecule has 0 saturated heterocycles. The number of aliphatic hydroxyl groups excluding tert-OH is 1. The molecule has 3 rings (SSSR count). The molecule has 1 aromatic rings. The molecule has 0 radical (unpaired) electrons. The molecule has 2 saturated carbocycles. The van der Waals surface area contributed by atoms with Gasteiger partial charge in [-0.3, -0.25) is 4.79 Å². The van der Waals surface area contributed by atoms with Crippen molar-refractivity contribution >= 4 is 29.8 Å². The van der Waals surface area contributed by atoms with Gasteiger partial charge in [-0.2, -0.15) is 0 Å².